The monoisotopic (exact) mass is 295 g/mol. The number of halogens is 4. The summed E-state index contributed by atoms with van der Waals surface area (Å²) < 4.78 is 52.2. The van der Waals surface area contributed by atoms with Gasteiger partial charge in [-0.15, -0.1) is 0 Å². The van der Waals surface area contributed by atoms with Gasteiger partial charge in [0.05, 0.1) is 16.6 Å². The van der Waals surface area contributed by atoms with E-state index < -0.39 is 17.6 Å². The van der Waals surface area contributed by atoms with Crippen LogP contribution < -0.4 is 0 Å². The van der Waals surface area contributed by atoms with Gasteiger partial charge >= 0.3 is 6.18 Å². The molecule has 108 valence electrons. The van der Waals surface area contributed by atoms with E-state index in [1.165, 1.54) is 6.07 Å². The van der Waals surface area contributed by atoms with Crippen LogP contribution >= 0.6 is 0 Å². The standard InChI is InChI=1S/C14H9F4N3/c1-7-5-6-10-13(19-7)21-12(20-10)8-3-2-4-9(11(8)15)14(16,17)18/h2-6H,1H3,(H,19,20,21). The number of imidazole rings is 1. The zero-order chi connectivity index (χ0) is 15.2. The maximum absolute atomic E-state index is 14.1. The molecule has 0 aliphatic heterocycles. The van der Waals surface area contributed by atoms with E-state index >= 15 is 0 Å². The summed E-state index contributed by atoms with van der Waals surface area (Å²) in [5.74, 6) is -1.33. The normalized spacial score (nSPS) is 12.0. The van der Waals surface area contributed by atoms with E-state index in [4.69, 9.17) is 0 Å². The van der Waals surface area contributed by atoms with Crippen molar-refractivity contribution in [3.05, 3.63) is 47.4 Å². The van der Waals surface area contributed by atoms with Gasteiger partial charge in [0.2, 0.25) is 0 Å². The summed E-state index contributed by atoms with van der Waals surface area (Å²) in [6.07, 6.45) is -4.75. The number of hydrogen-bond donors (Lipinski definition) is 1. The molecule has 7 heteroatoms. The number of aryl methyl sites for hydroxylation is 1. The second-order valence-electron chi connectivity index (χ2n) is 4.57. The minimum absolute atomic E-state index is 0.0201. The zero-order valence-electron chi connectivity index (χ0n) is 10.8. The number of nitrogens with zero attached hydrogens (tertiary/aromatic N) is 2. The molecule has 2 aromatic heterocycles. The Kier molecular flexibility index (Phi) is 2.93. The molecular formula is C14H9F4N3. The molecule has 0 saturated carbocycles. The summed E-state index contributed by atoms with van der Waals surface area (Å²) >= 11 is 0. The molecule has 0 bridgehead atoms. The number of nitrogens with one attached hydrogen (secondary N) is 1. The van der Waals surface area contributed by atoms with Gasteiger partial charge in [-0.05, 0) is 31.2 Å². The maximum atomic E-state index is 14.1. The Labute approximate surface area is 116 Å². The first kappa shape index (κ1) is 13.5. The molecule has 2 heterocycles. The first-order valence-corrected chi connectivity index (χ1v) is 6.06. The Morgan fingerprint density at radius 1 is 1.05 bits per heavy atom. The first-order chi connectivity index (χ1) is 9.86. The SMILES string of the molecule is Cc1ccc2[nH]c(-c3cccc(C(F)(F)F)c3F)nc2n1. The molecular weight excluding hydrogens is 286 g/mol. The number of aromatic amines is 1. The second-order valence-corrected chi connectivity index (χ2v) is 4.57. The van der Waals surface area contributed by atoms with E-state index in [0.29, 0.717) is 22.9 Å². The zero-order valence-corrected chi connectivity index (χ0v) is 10.8. The van der Waals surface area contributed by atoms with E-state index in [2.05, 4.69) is 15.0 Å². The van der Waals surface area contributed by atoms with Gasteiger partial charge in [-0.2, -0.15) is 13.2 Å². The van der Waals surface area contributed by atoms with Gasteiger partial charge in [-0.25, -0.2) is 14.4 Å². The van der Waals surface area contributed by atoms with Crippen LogP contribution in [0.4, 0.5) is 17.6 Å². The highest BCUT2D eigenvalue weighted by molar-refractivity contribution is 5.76. The number of rotatable bonds is 1. The fourth-order valence-corrected chi connectivity index (χ4v) is 2.05. The summed E-state index contributed by atoms with van der Waals surface area (Å²) in [6, 6.07) is 6.51. The molecule has 0 unspecified atom stereocenters. The molecule has 0 fully saturated rings. The lowest BCUT2D eigenvalue weighted by atomic mass is 10.1. The van der Waals surface area contributed by atoms with Crippen molar-refractivity contribution in [3.63, 3.8) is 0 Å². The smallest absolute Gasteiger partial charge is 0.336 e. The summed E-state index contributed by atoms with van der Waals surface area (Å²) in [5, 5.41) is 0. The number of aromatic nitrogens is 3. The first-order valence-electron chi connectivity index (χ1n) is 6.06. The van der Waals surface area contributed by atoms with Crippen LogP contribution in [0, 0.1) is 12.7 Å². The molecule has 0 aliphatic rings. The highest BCUT2D eigenvalue weighted by Gasteiger charge is 2.35. The fourth-order valence-electron chi connectivity index (χ4n) is 2.05. The Bertz CT molecular complexity index is 821. The van der Waals surface area contributed by atoms with E-state index in [1.54, 1.807) is 19.1 Å². The van der Waals surface area contributed by atoms with E-state index in [0.717, 1.165) is 6.07 Å². The Hall–Kier alpha value is -2.44. The van der Waals surface area contributed by atoms with Crippen molar-refractivity contribution >= 4 is 11.2 Å². The van der Waals surface area contributed by atoms with Crippen LogP contribution in [0.15, 0.2) is 30.3 Å². The highest BCUT2D eigenvalue weighted by Crippen LogP contribution is 2.35. The van der Waals surface area contributed by atoms with Gasteiger partial charge in [0.25, 0.3) is 0 Å². The van der Waals surface area contributed by atoms with Crippen molar-refractivity contribution in [2.45, 2.75) is 13.1 Å². The van der Waals surface area contributed by atoms with Crippen LogP contribution in [-0.2, 0) is 6.18 Å². The van der Waals surface area contributed by atoms with Crippen molar-refractivity contribution in [1.29, 1.82) is 0 Å². The summed E-state index contributed by atoms with van der Waals surface area (Å²) in [6.45, 7) is 1.76. The molecule has 3 nitrogen and oxygen atoms in total. The van der Waals surface area contributed by atoms with Gasteiger partial charge in [0, 0.05) is 5.69 Å². The fraction of sp³-hybridized carbons (Fsp3) is 0.143. The van der Waals surface area contributed by atoms with Gasteiger partial charge in [-0.3, -0.25) is 0 Å². The number of H-pyrrole nitrogens is 1. The molecule has 0 atom stereocenters. The molecule has 1 N–H and O–H groups in total. The molecule has 0 spiro atoms. The molecule has 21 heavy (non-hydrogen) atoms. The molecule has 0 amide bonds. The van der Waals surface area contributed by atoms with Crippen LogP contribution in [0.25, 0.3) is 22.6 Å². The molecule has 0 aliphatic carbocycles. The third-order valence-corrected chi connectivity index (χ3v) is 3.04. The van der Waals surface area contributed by atoms with Gasteiger partial charge in [0.1, 0.15) is 11.6 Å². The van der Waals surface area contributed by atoms with E-state index in [-0.39, 0.29) is 11.4 Å². The molecule has 3 rings (SSSR count). The average molecular weight is 295 g/mol. The summed E-state index contributed by atoms with van der Waals surface area (Å²) in [7, 11) is 0. The molecule has 0 radical (unpaired) electrons. The van der Waals surface area contributed by atoms with E-state index in [1.807, 2.05) is 0 Å². The third-order valence-electron chi connectivity index (χ3n) is 3.04. The minimum Gasteiger partial charge on any atom is -0.336 e. The number of hydrogen-bond acceptors (Lipinski definition) is 2. The van der Waals surface area contributed by atoms with Crippen molar-refractivity contribution < 1.29 is 17.6 Å². The van der Waals surface area contributed by atoms with Crippen LogP contribution in [-0.4, -0.2) is 15.0 Å². The molecule has 3 aromatic rings. The lowest BCUT2D eigenvalue weighted by Crippen LogP contribution is -2.08. The van der Waals surface area contributed by atoms with Crippen molar-refractivity contribution in [3.8, 4) is 11.4 Å². The Balaban J connectivity index is 2.19. The van der Waals surface area contributed by atoms with Crippen molar-refractivity contribution in [1.82, 2.24) is 15.0 Å². The number of benzene rings is 1. The molecule has 1 aromatic carbocycles. The minimum atomic E-state index is -4.75. The van der Waals surface area contributed by atoms with E-state index in [9.17, 15) is 17.6 Å². The van der Waals surface area contributed by atoms with Gasteiger partial charge < -0.3 is 4.98 Å². The Morgan fingerprint density at radius 2 is 1.81 bits per heavy atom. The van der Waals surface area contributed by atoms with Gasteiger partial charge in [0.15, 0.2) is 5.65 Å². The lowest BCUT2D eigenvalue weighted by Gasteiger charge is -2.09. The second kappa shape index (κ2) is 4.54. The van der Waals surface area contributed by atoms with Crippen molar-refractivity contribution in [2.75, 3.05) is 0 Å². The molecule has 0 saturated heterocycles. The lowest BCUT2D eigenvalue weighted by molar-refractivity contribution is -0.139. The largest absolute Gasteiger partial charge is 0.419 e. The predicted molar refractivity (Wildman–Crippen MR) is 69.0 cm³/mol. The number of alkyl halides is 3. The van der Waals surface area contributed by atoms with Crippen molar-refractivity contribution in [2.24, 2.45) is 0 Å². The number of fused-ring (bicyclic) bond motifs is 1. The third kappa shape index (κ3) is 2.35. The topological polar surface area (TPSA) is 41.6 Å². The quantitative estimate of drug-likeness (QED) is 0.687. The van der Waals surface area contributed by atoms with Crippen LogP contribution in [0.1, 0.15) is 11.3 Å². The van der Waals surface area contributed by atoms with Gasteiger partial charge in [-0.1, -0.05) is 6.07 Å². The summed E-state index contributed by atoms with van der Waals surface area (Å²) in [5.41, 5.74) is 0.0318. The van der Waals surface area contributed by atoms with Crippen LogP contribution in [0.5, 0.6) is 0 Å². The predicted octanol–water partition coefficient (Wildman–Crippen LogP) is 4.09. The average Bonchev–Trinajstić information content (AvgIpc) is 2.80. The number of pyridine rings is 1. The van der Waals surface area contributed by atoms with Crippen LogP contribution in [0.2, 0.25) is 0 Å². The maximum Gasteiger partial charge on any atom is 0.419 e. The highest BCUT2D eigenvalue weighted by atomic mass is 19.4. The Morgan fingerprint density at radius 3 is 2.52 bits per heavy atom. The summed E-state index contributed by atoms with van der Waals surface area (Å²) in [4.78, 5) is 11.0. The van der Waals surface area contributed by atoms with Crippen LogP contribution in [0.3, 0.4) is 0 Å².